The van der Waals surface area contributed by atoms with E-state index in [9.17, 15) is 13.6 Å². The van der Waals surface area contributed by atoms with Gasteiger partial charge in [-0.15, -0.1) is 0 Å². The molecule has 28 heavy (non-hydrogen) atoms. The molecule has 8 heteroatoms. The van der Waals surface area contributed by atoms with E-state index in [0.717, 1.165) is 5.56 Å². The predicted molar refractivity (Wildman–Crippen MR) is 99.9 cm³/mol. The molecule has 1 fully saturated rings. The van der Waals surface area contributed by atoms with E-state index in [4.69, 9.17) is 9.31 Å². The second-order valence-corrected chi connectivity index (χ2v) is 8.22. The van der Waals surface area contributed by atoms with Crippen molar-refractivity contribution in [1.29, 1.82) is 0 Å². The van der Waals surface area contributed by atoms with Gasteiger partial charge in [-0.1, -0.05) is 6.07 Å². The van der Waals surface area contributed by atoms with Crippen molar-refractivity contribution in [1.82, 2.24) is 9.88 Å². The number of aromatic nitrogens is 1. The van der Waals surface area contributed by atoms with Crippen LogP contribution in [0.5, 0.6) is 0 Å². The van der Waals surface area contributed by atoms with Crippen LogP contribution in [-0.4, -0.2) is 34.1 Å². The molecule has 1 aromatic heterocycles. The molecule has 2 aromatic rings. The van der Waals surface area contributed by atoms with Crippen molar-refractivity contribution in [3.63, 3.8) is 0 Å². The van der Waals surface area contributed by atoms with Gasteiger partial charge in [0.15, 0.2) is 0 Å². The van der Waals surface area contributed by atoms with Gasteiger partial charge in [0.05, 0.1) is 17.7 Å². The Kier molecular flexibility index (Phi) is 4.32. The molecule has 0 radical (unpaired) electrons. The smallest absolute Gasteiger partial charge is 0.399 e. The fourth-order valence-electron chi connectivity index (χ4n) is 3.39. The monoisotopic (exact) mass is 386 g/mol. The molecule has 0 N–H and O–H groups in total. The Morgan fingerprint density at radius 2 is 1.75 bits per heavy atom. The zero-order chi connectivity index (χ0) is 20.3. The van der Waals surface area contributed by atoms with Crippen molar-refractivity contribution in [3.8, 4) is 0 Å². The number of hydrogen-bond donors (Lipinski definition) is 0. The van der Waals surface area contributed by atoms with Crippen molar-refractivity contribution in [2.24, 2.45) is 0 Å². The minimum absolute atomic E-state index is 0.165. The van der Waals surface area contributed by atoms with Crippen LogP contribution in [-0.2, 0) is 22.4 Å². The molecule has 4 rings (SSSR count). The lowest BCUT2D eigenvalue weighted by Gasteiger charge is -2.32. The Hall–Kier alpha value is -2.32. The number of hydrogen-bond acceptors (Lipinski definition) is 4. The van der Waals surface area contributed by atoms with Gasteiger partial charge in [-0.05, 0) is 51.4 Å². The van der Waals surface area contributed by atoms with Gasteiger partial charge in [0, 0.05) is 23.9 Å². The molecule has 0 atom stereocenters. The van der Waals surface area contributed by atoms with Crippen LogP contribution >= 0.6 is 0 Å². The fourth-order valence-corrected chi connectivity index (χ4v) is 3.39. The van der Waals surface area contributed by atoms with Gasteiger partial charge in [-0.2, -0.15) is 0 Å². The second-order valence-electron chi connectivity index (χ2n) is 8.22. The average molecular weight is 386 g/mol. The number of rotatable bonds is 3. The van der Waals surface area contributed by atoms with Crippen LogP contribution in [0.4, 0.5) is 8.78 Å². The van der Waals surface area contributed by atoms with Gasteiger partial charge >= 0.3 is 7.12 Å². The Morgan fingerprint density at radius 1 is 1.14 bits per heavy atom. The average Bonchev–Trinajstić information content (AvgIpc) is 3.04. The van der Waals surface area contributed by atoms with Crippen LogP contribution < -0.4 is 5.46 Å². The van der Waals surface area contributed by atoms with E-state index in [-0.39, 0.29) is 30.0 Å². The molecule has 0 spiro atoms. The van der Waals surface area contributed by atoms with Crippen molar-refractivity contribution in [3.05, 3.63) is 58.9 Å². The van der Waals surface area contributed by atoms with Crippen molar-refractivity contribution < 1.29 is 22.9 Å². The summed E-state index contributed by atoms with van der Waals surface area (Å²) in [4.78, 5) is 17.9. The van der Waals surface area contributed by atoms with E-state index in [1.165, 1.54) is 23.2 Å². The molecular formula is C20H21BF2N2O3. The van der Waals surface area contributed by atoms with Crippen molar-refractivity contribution in [2.75, 3.05) is 0 Å². The SMILES string of the molecule is CC1(C)OB(c2cc(F)c(CN3Cc4cccnc4C3=O)c(F)c2)OC1(C)C. The second kappa shape index (κ2) is 6.35. The number of fused-ring (bicyclic) bond motifs is 1. The summed E-state index contributed by atoms with van der Waals surface area (Å²) in [6.07, 6.45) is 1.53. The maximum Gasteiger partial charge on any atom is 0.495 e. The van der Waals surface area contributed by atoms with Crippen LogP contribution in [0.2, 0.25) is 0 Å². The number of benzene rings is 1. The molecule has 1 aromatic carbocycles. The van der Waals surface area contributed by atoms with Crippen LogP contribution in [0.15, 0.2) is 30.5 Å². The maximum absolute atomic E-state index is 14.8. The Bertz CT molecular complexity index is 925. The Morgan fingerprint density at radius 3 is 2.32 bits per heavy atom. The normalized spacial score (nSPS) is 20.0. The number of nitrogens with zero attached hydrogens (tertiary/aromatic N) is 2. The quantitative estimate of drug-likeness (QED) is 0.762. The Labute approximate surface area is 162 Å². The highest BCUT2D eigenvalue weighted by Crippen LogP contribution is 2.36. The zero-order valence-corrected chi connectivity index (χ0v) is 16.3. The molecule has 1 amide bonds. The van der Waals surface area contributed by atoms with E-state index >= 15 is 0 Å². The first-order valence-corrected chi connectivity index (χ1v) is 9.16. The van der Waals surface area contributed by atoms with Crippen LogP contribution in [0, 0.1) is 11.6 Å². The lowest BCUT2D eigenvalue weighted by molar-refractivity contribution is 0.00578. The molecule has 146 valence electrons. The van der Waals surface area contributed by atoms with E-state index in [0.29, 0.717) is 5.69 Å². The van der Waals surface area contributed by atoms with Gasteiger partial charge in [-0.3, -0.25) is 9.78 Å². The van der Waals surface area contributed by atoms with Gasteiger partial charge in [-0.25, -0.2) is 8.78 Å². The topological polar surface area (TPSA) is 51.7 Å². The zero-order valence-electron chi connectivity index (χ0n) is 16.3. The van der Waals surface area contributed by atoms with Gasteiger partial charge in [0.1, 0.15) is 17.3 Å². The van der Waals surface area contributed by atoms with Crippen molar-refractivity contribution in [2.45, 2.75) is 52.0 Å². The summed E-state index contributed by atoms with van der Waals surface area (Å²) in [6.45, 7) is 7.60. The molecule has 0 bridgehead atoms. The summed E-state index contributed by atoms with van der Waals surface area (Å²) in [5.74, 6) is -1.80. The highest BCUT2D eigenvalue weighted by atomic mass is 19.1. The molecule has 0 aliphatic carbocycles. The minimum Gasteiger partial charge on any atom is -0.399 e. The number of pyridine rings is 1. The first-order chi connectivity index (χ1) is 13.1. The standard InChI is InChI=1S/C20H21BF2N2O3/c1-19(2)20(3,4)28-21(27-19)13-8-15(22)14(16(23)9-13)11-25-10-12-6-5-7-24-17(12)18(25)26/h5-9H,10-11H2,1-4H3. The molecule has 3 heterocycles. The summed E-state index contributed by atoms with van der Waals surface area (Å²) in [7, 11) is -0.857. The third-order valence-corrected chi connectivity index (χ3v) is 5.78. The summed E-state index contributed by atoms with van der Waals surface area (Å²) in [6, 6.07) is 5.95. The first-order valence-electron chi connectivity index (χ1n) is 9.16. The van der Waals surface area contributed by atoms with E-state index < -0.39 is 30.0 Å². The van der Waals surface area contributed by atoms with Gasteiger partial charge in [0.2, 0.25) is 0 Å². The van der Waals surface area contributed by atoms with Gasteiger partial charge < -0.3 is 14.2 Å². The van der Waals surface area contributed by atoms with Crippen LogP contribution in [0.3, 0.4) is 0 Å². The number of amides is 1. The summed E-state index contributed by atoms with van der Waals surface area (Å²) in [5.41, 5.74) is -0.0236. The fraction of sp³-hybridized carbons (Fsp3) is 0.400. The molecule has 1 saturated heterocycles. The largest absolute Gasteiger partial charge is 0.495 e. The lowest BCUT2D eigenvalue weighted by Crippen LogP contribution is -2.41. The highest BCUT2D eigenvalue weighted by Gasteiger charge is 2.52. The first kappa shape index (κ1) is 19.0. The predicted octanol–water partition coefficient (Wildman–Crippen LogP) is 2.82. The Balaban J connectivity index is 1.57. The summed E-state index contributed by atoms with van der Waals surface area (Å²) in [5, 5.41) is 0. The summed E-state index contributed by atoms with van der Waals surface area (Å²) >= 11 is 0. The van der Waals surface area contributed by atoms with Crippen molar-refractivity contribution >= 4 is 18.5 Å². The molecule has 0 saturated carbocycles. The van der Waals surface area contributed by atoms with E-state index in [1.807, 2.05) is 27.7 Å². The highest BCUT2D eigenvalue weighted by molar-refractivity contribution is 6.62. The van der Waals surface area contributed by atoms with Crippen LogP contribution in [0.1, 0.15) is 49.3 Å². The lowest BCUT2D eigenvalue weighted by atomic mass is 9.78. The summed E-state index contributed by atoms with van der Waals surface area (Å²) < 4.78 is 41.2. The van der Waals surface area contributed by atoms with E-state index in [1.54, 1.807) is 12.1 Å². The molecule has 2 aliphatic heterocycles. The number of halogens is 2. The number of carbonyl (C=O) groups is 1. The molecule has 0 unspecified atom stereocenters. The van der Waals surface area contributed by atoms with Gasteiger partial charge in [0.25, 0.3) is 5.91 Å². The third-order valence-electron chi connectivity index (χ3n) is 5.78. The van der Waals surface area contributed by atoms with E-state index in [2.05, 4.69) is 4.98 Å². The van der Waals surface area contributed by atoms with Crippen LogP contribution in [0.25, 0.3) is 0 Å². The third kappa shape index (κ3) is 3.01. The minimum atomic E-state index is -0.857. The molecule has 5 nitrogen and oxygen atoms in total. The molecular weight excluding hydrogens is 365 g/mol. The molecule has 2 aliphatic rings. The number of carbonyl (C=O) groups excluding carboxylic acids is 1. The maximum atomic E-state index is 14.8.